The van der Waals surface area contributed by atoms with Gasteiger partial charge < -0.3 is 10.0 Å². The Labute approximate surface area is 124 Å². The van der Waals surface area contributed by atoms with Gasteiger partial charge in [-0.3, -0.25) is 14.9 Å². The van der Waals surface area contributed by atoms with Gasteiger partial charge in [0.1, 0.15) is 11.3 Å². The molecule has 1 aromatic rings. The van der Waals surface area contributed by atoms with Crippen molar-refractivity contribution in [2.45, 2.75) is 33.6 Å². The van der Waals surface area contributed by atoms with E-state index in [2.05, 4.69) is 13.8 Å². The fourth-order valence-electron chi connectivity index (χ4n) is 2.24. The van der Waals surface area contributed by atoms with E-state index in [4.69, 9.17) is 0 Å². The Hall–Kier alpha value is -2.11. The van der Waals surface area contributed by atoms with E-state index in [0.717, 1.165) is 25.0 Å². The second kappa shape index (κ2) is 7.61. The average Bonchev–Trinajstić information content (AvgIpc) is 2.47. The summed E-state index contributed by atoms with van der Waals surface area (Å²) in [4.78, 5) is 24.6. The first-order valence-corrected chi connectivity index (χ1v) is 7.21. The number of nitro groups is 1. The van der Waals surface area contributed by atoms with Crippen LogP contribution in [-0.4, -0.2) is 33.9 Å². The molecule has 6 heteroatoms. The summed E-state index contributed by atoms with van der Waals surface area (Å²) in [6.07, 6.45) is 1.89. The number of nitro benzene ring substituents is 1. The number of phenolic OH excluding ortho intramolecular Hbond substituents is 1. The largest absolute Gasteiger partial charge is 0.508 e. The van der Waals surface area contributed by atoms with E-state index < -0.39 is 10.8 Å². The zero-order valence-electron chi connectivity index (χ0n) is 12.7. The molecule has 1 aromatic carbocycles. The molecule has 0 saturated carbocycles. The van der Waals surface area contributed by atoms with Gasteiger partial charge in [-0.15, -0.1) is 0 Å². The maximum Gasteiger partial charge on any atom is 0.282 e. The lowest BCUT2D eigenvalue weighted by atomic mass is 10.0. The number of carbonyl (C=O) groups excluding carboxylic acids is 1. The molecule has 0 atom stereocenters. The van der Waals surface area contributed by atoms with Crippen molar-refractivity contribution in [3.63, 3.8) is 0 Å². The molecule has 21 heavy (non-hydrogen) atoms. The van der Waals surface area contributed by atoms with Crippen LogP contribution in [0.4, 0.5) is 5.69 Å². The molecule has 0 bridgehead atoms. The van der Waals surface area contributed by atoms with Crippen molar-refractivity contribution < 1.29 is 14.8 Å². The summed E-state index contributed by atoms with van der Waals surface area (Å²) < 4.78 is 0. The molecule has 0 heterocycles. The molecular weight excluding hydrogens is 272 g/mol. The smallest absolute Gasteiger partial charge is 0.282 e. The molecule has 1 amide bonds. The molecule has 0 aliphatic rings. The maximum atomic E-state index is 12.5. The third-order valence-corrected chi connectivity index (χ3v) is 3.71. The Balaban J connectivity index is 3.10. The van der Waals surface area contributed by atoms with Crippen LogP contribution in [0, 0.1) is 16.0 Å². The standard InChI is InChI=1S/C15H22N2O4/c1-4-11(5-2)10-16(6-3)15(19)13-9-12(18)7-8-14(13)17(20)21/h7-9,11,18H,4-6,10H2,1-3H3. The summed E-state index contributed by atoms with van der Waals surface area (Å²) in [7, 11) is 0. The Kier molecular flexibility index (Phi) is 6.14. The Morgan fingerprint density at radius 1 is 1.33 bits per heavy atom. The summed E-state index contributed by atoms with van der Waals surface area (Å²) in [5.74, 6) is -0.195. The van der Waals surface area contributed by atoms with E-state index in [1.807, 2.05) is 6.92 Å². The maximum absolute atomic E-state index is 12.5. The van der Waals surface area contributed by atoms with Gasteiger partial charge in [0.15, 0.2) is 0 Å². The topological polar surface area (TPSA) is 83.7 Å². The van der Waals surface area contributed by atoms with Crippen LogP contribution in [0.5, 0.6) is 5.75 Å². The Bertz CT molecular complexity index is 512. The third kappa shape index (κ3) is 4.18. The fraction of sp³-hybridized carbons (Fsp3) is 0.533. The second-order valence-corrected chi connectivity index (χ2v) is 4.98. The van der Waals surface area contributed by atoms with Crippen LogP contribution in [0.25, 0.3) is 0 Å². The van der Waals surface area contributed by atoms with Crippen molar-refractivity contribution >= 4 is 11.6 Å². The van der Waals surface area contributed by atoms with Gasteiger partial charge in [-0.05, 0) is 25.0 Å². The number of benzene rings is 1. The molecule has 0 aliphatic carbocycles. The van der Waals surface area contributed by atoms with Crippen molar-refractivity contribution in [3.8, 4) is 5.75 Å². The van der Waals surface area contributed by atoms with Crippen molar-refractivity contribution in [2.75, 3.05) is 13.1 Å². The van der Waals surface area contributed by atoms with Crippen LogP contribution in [0.1, 0.15) is 44.0 Å². The Morgan fingerprint density at radius 2 is 1.95 bits per heavy atom. The monoisotopic (exact) mass is 294 g/mol. The first kappa shape index (κ1) is 16.9. The summed E-state index contributed by atoms with van der Waals surface area (Å²) in [6.45, 7) is 7.00. The lowest BCUT2D eigenvalue weighted by Gasteiger charge is -2.25. The van der Waals surface area contributed by atoms with E-state index >= 15 is 0 Å². The lowest BCUT2D eigenvalue weighted by Crippen LogP contribution is -2.35. The zero-order valence-corrected chi connectivity index (χ0v) is 12.7. The Morgan fingerprint density at radius 3 is 2.43 bits per heavy atom. The van der Waals surface area contributed by atoms with Gasteiger partial charge in [0.05, 0.1) is 4.92 Å². The summed E-state index contributed by atoms with van der Waals surface area (Å²) in [6, 6.07) is 3.54. The van der Waals surface area contributed by atoms with Gasteiger partial charge in [-0.2, -0.15) is 0 Å². The third-order valence-electron chi connectivity index (χ3n) is 3.71. The molecule has 0 aromatic heterocycles. The normalized spacial score (nSPS) is 10.7. The molecule has 116 valence electrons. The van der Waals surface area contributed by atoms with Gasteiger partial charge in [-0.25, -0.2) is 0 Å². The molecule has 1 N–H and O–H groups in total. The second-order valence-electron chi connectivity index (χ2n) is 4.98. The number of amides is 1. The van der Waals surface area contributed by atoms with Crippen LogP contribution < -0.4 is 0 Å². The number of phenols is 1. The molecule has 6 nitrogen and oxygen atoms in total. The molecule has 0 unspecified atom stereocenters. The van der Waals surface area contributed by atoms with Gasteiger partial charge in [0.25, 0.3) is 11.6 Å². The van der Waals surface area contributed by atoms with Crippen molar-refractivity contribution in [3.05, 3.63) is 33.9 Å². The van der Waals surface area contributed by atoms with Gasteiger partial charge in [0, 0.05) is 19.2 Å². The first-order chi connectivity index (χ1) is 9.94. The molecule has 0 saturated heterocycles. The molecule has 0 fully saturated rings. The summed E-state index contributed by atoms with van der Waals surface area (Å²) in [5.41, 5.74) is -0.339. The number of carbonyl (C=O) groups is 1. The number of rotatable bonds is 7. The van der Waals surface area contributed by atoms with Crippen LogP contribution >= 0.6 is 0 Å². The molecule has 0 spiro atoms. The van der Waals surface area contributed by atoms with Crippen molar-refractivity contribution in [1.82, 2.24) is 4.90 Å². The molecular formula is C15H22N2O4. The molecule has 0 aliphatic heterocycles. The fourth-order valence-corrected chi connectivity index (χ4v) is 2.24. The van der Waals surface area contributed by atoms with Gasteiger partial charge in [0.2, 0.25) is 0 Å². The van der Waals surface area contributed by atoms with E-state index in [9.17, 15) is 20.0 Å². The highest BCUT2D eigenvalue weighted by molar-refractivity contribution is 5.98. The zero-order chi connectivity index (χ0) is 16.0. The SMILES string of the molecule is CCC(CC)CN(CC)C(=O)c1cc(O)ccc1[N+](=O)[O-]. The predicted molar refractivity (Wildman–Crippen MR) is 80.4 cm³/mol. The number of nitrogens with zero attached hydrogens (tertiary/aromatic N) is 2. The number of hydrogen-bond acceptors (Lipinski definition) is 4. The molecule has 0 radical (unpaired) electrons. The van der Waals surface area contributed by atoms with E-state index in [-0.39, 0.29) is 17.0 Å². The molecule has 1 rings (SSSR count). The highest BCUT2D eigenvalue weighted by Crippen LogP contribution is 2.25. The first-order valence-electron chi connectivity index (χ1n) is 7.21. The van der Waals surface area contributed by atoms with E-state index in [1.54, 1.807) is 4.90 Å². The average molecular weight is 294 g/mol. The number of aromatic hydroxyl groups is 1. The van der Waals surface area contributed by atoms with Gasteiger partial charge >= 0.3 is 0 Å². The predicted octanol–water partition coefficient (Wildman–Crippen LogP) is 3.20. The van der Waals surface area contributed by atoms with Crippen LogP contribution in [0.15, 0.2) is 18.2 Å². The van der Waals surface area contributed by atoms with Gasteiger partial charge in [-0.1, -0.05) is 26.7 Å². The minimum absolute atomic E-state index is 0.0622. The van der Waals surface area contributed by atoms with E-state index in [1.165, 1.54) is 6.07 Å². The highest BCUT2D eigenvalue weighted by atomic mass is 16.6. The number of hydrogen-bond donors (Lipinski definition) is 1. The quantitative estimate of drug-likeness (QED) is 0.618. The minimum atomic E-state index is -0.600. The lowest BCUT2D eigenvalue weighted by molar-refractivity contribution is -0.385. The van der Waals surface area contributed by atoms with Crippen LogP contribution in [0.2, 0.25) is 0 Å². The van der Waals surface area contributed by atoms with Crippen molar-refractivity contribution in [1.29, 1.82) is 0 Å². The van der Waals surface area contributed by atoms with Crippen molar-refractivity contribution in [2.24, 2.45) is 5.92 Å². The van der Waals surface area contributed by atoms with Crippen LogP contribution in [-0.2, 0) is 0 Å². The van der Waals surface area contributed by atoms with Crippen LogP contribution in [0.3, 0.4) is 0 Å². The summed E-state index contributed by atoms with van der Waals surface area (Å²) >= 11 is 0. The van der Waals surface area contributed by atoms with E-state index in [0.29, 0.717) is 19.0 Å². The minimum Gasteiger partial charge on any atom is -0.508 e. The summed E-state index contributed by atoms with van der Waals surface area (Å²) in [5, 5.41) is 20.5. The highest BCUT2D eigenvalue weighted by Gasteiger charge is 2.25.